The molecule has 0 saturated carbocycles. The summed E-state index contributed by atoms with van der Waals surface area (Å²) in [6, 6.07) is 12.1. The number of hydrogen-bond acceptors (Lipinski definition) is 4. The molecule has 3 aromatic rings. The monoisotopic (exact) mass is 297 g/mol. The minimum absolute atomic E-state index is 0.0617. The van der Waals surface area contributed by atoms with E-state index in [0.717, 1.165) is 28.0 Å². The van der Waals surface area contributed by atoms with Gasteiger partial charge in [-0.15, -0.1) is 0 Å². The summed E-state index contributed by atoms with van der Waals surface area (Å²) in [6.45, 7) is 4.62. The maximum absolute atomic E-state index is 9.05. The van der Waals surface area contributed by atoms with Crippen molar-refractivity contribution in [3.8, 4) is 5.75 Å². The molecule has 0 unspecified atom stereocenters. The summed E-state index contributed by atoms with van der Waals surface area (Å²) in [4.78, 5) is 0. The Morgan fingerprint density at radius 3 is 2.73 bits per heavy atom. The molecule has 0 aliphatic carbocycles. The highest BCUT2D eigenvalue weighted by Crippen LogP contribution is 2.30. The van der Waals surface area contributed by atoms with Crippen molar-refractivity contribution in [1.29, 1.82) is 0 Å². The molecule has 0 spiro atoms. The average molecular weight is 297 g/mol. The van der Waals surface area contributed by atoms with Crippen LogP contribution in [0.1, 0.15) is 22.4 Å². The lowest BCUT2D eigenvalue weighted by Gasteiger charge is -2.10. The number of fused-ring (bicyclic) bond motifs is 1. The predicted molar refractivity (Wildman–Crippen MR) is 85.0 cm³/mol. The summed E-state index contributed by atoms with van der Waals surface area (Å²) >= 11 is 0. The first-order valence-corrected chi connectivity index (χ1v) is 7.36. The van der Waals surface area contributed by atoms with Gasteiger partial charge in [-0.2, -0.15) is 0 Å². The number of aromatic nitrogens is 1. The number of aliphatic hydroxyl groups excluding tert-OH is 1. The standard InChI is InChI=1S/C18H19NO3/c1-12-5-3-4-6-14(12)11-21-17-8-7-15-16(9-10-20)19-22-18(15)13(17)2/h3-8,20H,9-11H2,1-2H3. The van der Waals surface area contributed by atoms with Crippen molar-refractivity contribution in [2.75, 3.05) is 6.61 Å². The molecule has 1 aromatic heterocycles. The molecule has 0 fully saturated rings. The van der Waals surface area contributed by atoms with Crippen molar-refractivity contribution >= 4 is 11.0 Å². The van der Waals surface area contributed by atoms with E-state index in [2.05, 4.69) is 24.2 Å². The molecule has 114 valence electrons. The normalized spacial score (nSPS) is 11.0. The molecular formula is C18H19NO3. The fraction of sp³-hybridized carbons (Fsp3) is 0.278. The summed E-state index contributed by atoms with van der Waals surface area (Å²) in [5.74, 6) is 0.794. The molecule has 0 aliphatic heterocycles. The van der Waals surface area contributed by atoms with Crippen LogP contribution in [-0.4, -0.2) is 16.9 Å². The average Bonchev–Trinajstić information content (AvgIpc) is 2.93. The second kappa shape index (κ2) is 6.20. The third-order valence-corrected chi connectivity index (χ3v) is 3.91. The van der Waals surface area contributed by atoms with Gasteiger partial charge in [-0.1, -0.05) is 29.4 Å². The Bertz CT molecular complexity index is 792. The summed E-state index contributed by atoms with van der Waals surface area (Å²) in [7, 11) is 0. The molecule has 0 atom stereocenters. The first-order chi connectivity index (χ1) is 10.7. The minimum Gasteiger partial charge on any atom is -0.488 e. The van der Waals surface area contributed by atoms with E-state index >= 15 is 0 Å². The van der Waals surface area contributed by atoms with Gasteiger partial charge in [0.15, 0.2) is 5.58 Å². The molecule has 1 heterocycles. The molecule has 4 nitrogen and oxygen atoms in total. The lowest BCUT2D eigenvalue weighted by molar-refractivity contribution is 0.295. The van der Waals surface area contributed by atoms with Gasteiger partial charge in [0.1, 0.15) is 12.4 Å². The van der Waals surface area contributed by atoms with E-state index in [9.17, 15) is 0 Å². The summed E-state index contributed by atoms with van der Waals surface area (Å²) in [6.07, 6.45) is 0.496. The zero-order valence-corrected chi connectivity index (χ0v) is 12.8. The maximum Gasteiger partial charge on any atom is 0.173 e. The van der Waals surface area contributed by atoms with Crippen molar-refractivity contribution in [2.24, 2.45) is 0 Å². The predicted octanol–water partition coefficient (Wildman–Crippen LogP) is 3.56. The molecule has 0 bridgehead atoms. The van der Waals surface area contributed by atoms with Crippen LogP contribution in [-0.2, 0) is 13.0 Å². The fourth-order valence-electron chi connectivity index (χ4n) is 2.54. The Kier molecular flexibility index (Phi) is 4.11. The van der Waals surface area contributed by atoms with Crippen LogP contribution in [0.25, 0.3) is 11.0 Å². The number of ether oxygens (including phenoxy) is 1. The van der Waals surface area contributed by atoms with Crippen LogP contribution in [0.2, 0.25) is 0 Å². The molecule has 1 N–H and O–H groups in total. The van der Waals surface area contributed by atoms with Gasteiger partial charge >= 0.3 is 0 Å². The number of aryl methyl sites for hydroxylation is 2. The molecule has 2 aromatic carbocycles. The minimum atomic E-state index is 0.0617. The van der Waals surface area contributed by atoms with Crippen LogP contribution in [0.5, 0.6) is 5.75 Å². The maximum atomic E-state index is 9.05. The first-order valence-electron chi connectivity index (χ1n) is 7.36. The van der Waals surface area contributed by atoms with Crippen LogP contribution in [0.3, 0.4) is 0 Å². The molecule has 0 saturated heterocycles. The van der Waals surface area contributed by atoms with Gasteiger partial charge < -0.3 is 14.4 Å². The van der Waals surface area contributed by atoms with Gasteiger partial charge in [0.25, 0.3) is 0 Å². The van der Waals surface area contributed by atoms with Crippen molar-refractivity contribution in [3.05, 3.63) is 58.8 Å². The molecule has 0 amide bonds. The third-order valence-electron chi connectivity index (χ3n) is 3.91. The van der Waals surface area contributed by atoms with Gasteiger partial charge in [0.05, 0.1) is 5.69 Å². The fourth-order valence-corrected chi connectivity index (χ4v) is 2.54. The summed E-state index contributed by atoms with van der Waals surface area (Å²) in [5, 5.41) is 14.0. The Balaban J connectivity index is 1.86. The van der Waals surface area contributed by atoms with Crippen LogP contribution in [0.15, 0.2) is 40.9 Å². The second-order valence-corrected chi connectivity index (χ2v) is 5.38. The topological polar surface area (TPSA) is 55.5 Å². The van der Waals surface area contributed by atoms with E-state index in [1.165, 1.54) is 11.1 Å². The van der Waals surface area contributed by atoms with Gasteiger partial charge in [-0.05, 0) is 37.1 Å². The van der Waals surface area contributed by atoms with E-state index < -0.39 is 0 Å². The summed E-state index contributed by atoms with van der Waals surface area (Å²) in [5.41, 5.74) is 4.83. The Labute approximate surface area is 129 Å². The van der Waals surface area contributed by atoms with Crippen molar-refractivity contribution in [2.45, 2.75) is 26.9 Å². The third kappa shape index (κ3) is 2.70. The van der Waals surface area contributed by atoms with Crippen LogP contribution in [0.4, 0.5) is 0 Å². The quantitative estimate of drug-likeness (QED) is 0.782. The number of benzene rings is 2. The molecule has 0 radical (unpaired) electrons. The smallest absolute Gasteiger partial charge is 0.173 e. The number of nitrogens with zero attached hydrogens (tertiary/aromatic N) is 1. The van der Waals surface area contributed by atoms with Gasteiger partial charge in [0.2, 0.25) is 0 Å². The zero-order chi connectivity index (χ0) is 15.5. The van der Waals surface area contributed by atoms with E-state index in [0.29, 0.717) is 13.0 Å². The highest BCUT2D eigenvalue weighted by atomic mass is 16.5. The first kappa shape index (κ1) is 14.6. The zero-order valence-electron chi connectivity index (χ0n) is 12.8. The largest absolute Gasteiger partial charge is 0.488 e. The van der Waals surface area contributed by atoms with E-state index in [4.69, 9.17) is 14.4 Å². The van der Waals surface area contributed by atoms with Crippen molar-refractivity contribution in [1.82, 2.24) is 5.16 Å². The summed E-state index contributed by atoms with van der Waals surface area (Å²) < 4.78 is 11.4. The molecule has 0 aliphatic rings. The SMILES string of the molecule is Cc1ccccc1COc1ccc2c(CCO)noc2c1C. The Morgan fingerprint density at radius 2 is 1.95 bits per heavy atom. The Hall–Kier alpha value is -2.33. The number of rotatable bonds is 5. The van der Waals surface area contributed by atoms with E-state index in [1.807, 2.05) is 31.2 Å². The van der Waals surface area contributed by atoms with Crippen LogP contribution >= 0.6 is 0 Å². The highest BCUT2D eigenvalue weighted by Gasteiger charge is 2.13. The van der Waals surface area contributed by atoms with Crippen LogP contribution in [0, 0.1) is 13.8 Å². The number of aliphatic hydroxyl groups is 1. The van der Waals surface area contributed by atoms with Gasteiger partial charge in [-0.25, -0.2) is 0 Å². The molecule has 3 rings (SSSR count). The van der Waals surface area contributed by atoms with E-state index in [1.54, 1.807) is 0 Å². The molecule has 22 heavy (non-hydrogen) atoms. The van der Waals surface area contributed by atoms with Crippen LogP contribution < -0.4 is 4.74 Å². The highest BCUT2D eigenvalue weighted by molar-refractivity contribution is 5.84. The second-order valence-electron chi connectivity index (χ2n) is 5.38. The molecule has 4 heteroatoms. The lowest BCUT2D eigenvalue weighted by atomic mass is 10.1. The van der Waals surface area contributed by atoms with Gasteiger partial charge in [0, 0.05) is 24.0 Å². The lowest BCUT2D eigenvalue weighted by Crippen LogP contribution is -1.99. The number of hydrogen-bond donors (Lipinski definition) is 1. The van der Waals surface area contributed by atoms with Crippen molar-refractivity contribution in [3.63, 3.8) is 0 Å². The molecular weight excluding hydrogens is 278 g/mol. The Morgan fingerprint density at radius 1 is 1.14 bits per heavy atom. The van der Waals surface area contributed by atoms with E-state index in [-0.39, 0.29) is 6.61 Å². The van der Waals surface area contributed by atoms with Gasteiger partial charge in [-0.3, -0.25) is 0 Å². The van der Waals surface area contributed by atoms with Crippen molar-refractivity contribution < 1.29 is 14.4 Å².